The zero-order chi connectivity index (χ0) is 17.6. The molecule has 130 valence electrons. The molecule has 1 aliphatic heterocycles. The normalized spacial score (nSPS) is 15.0. The lowest BCUT2D eigenvalue weighted by Gasteiger charge is -2.30. The van der Waals surface area contributed by atoms with Crippen molar-refractivity contribution in [2.45, 2.75) is 26.3 Å². The largest absolute Gasteiger partial charge is 0.352 e. The van der Waals surface area contributed by atoms with Crippen molar-refractivity contribution >= 4 is 11.8 Å². The Labute approximate surface area is 147 Å². The van der Waals surface area contributed by atoms with Crippen LogP contribution in [0.5, 0.6) is 0 Å². The summed E-state index contributed by atoms with van der Waals surface area (Å²) in [5.41, 5.74) is 2.73. The van der Waals surface area contributed by atoms with Gasteiger partial charge in [0, 0.05) is 56.6 Å². The molecule has 0 bridgehead atoms. The van der Waals surface area contributed by atoms with E-state index in [4.69, 9.17) is 0 Å². The van der Waals surface area contributed by atoms with Crippen molar-refractivity contribution < 1.29 is 9.59 Å². The number of carbonyl (C=O) groups is 2. The standard InChI is InChI=1S/C19H22N4O2/c1-14(24)23-10-6-15(7-11-23)19(25)22-13-17-5-3-9-21-18(17)16-4-2-8-20-12-16/h2-5,8-9,12,15H,6-7,10-11,13H2,1H3,(H,22,25). The van der Waals surface area contributed by atoms with Gasteiger partial charge in [0.2, 0.25) is 11.8 Å². The molecule has 0 unspecified atom stereocenters. The highest BCUT2D eigenvalue weighted by molar-refractivity contribution is 5.79. The fraction of sp³-hybridized carbons (Fsp3) is 0.368. The van der Waals surface area contributed by atoms with E-state index in [0.717, 1.165) is 16.8 Å². The number of piperidine rings is 1. The molecule has 6 heteroatoms. The van der Waals surface area contributed by atoms with E-state index in [0.29, 0.717) is 32.5 Å². The molecule has 0 atom stereocenters. The maximum absolute atomic E-state index is 12.4. The Bertz CT molecular complexity index is 740. The van der Waals surface area contributed by atoms with Gasteiger partial charge in [0.15, 0.2) is 0 Å². The first kappa shape index (κ1) is 17.1. The summed E-state index contributed by atoms with van der Waals surface area (Å²) in [6, 6.07) is 7.66. The predicted molar refractivity (Wildman–Crippen MR) is 94.3 cm³/mol. The third-order valence-corrected chi connectivity index (χ3v) is 4.59. The van der Waals surface area contributed by atoms with Gasteiger partial charge >= 0.3 is 0 Å². The Hall–Kier alpha value is -2.76. The number of hydrogen-bond acceptors (Lipinski definition) is 4. The van der Waals surface area contributed by atoms with Crippen molar-refractivity contribution in [3.05, 3.63) is 48.4 Å². The van der Waals surface area contributed by atoms with Crippen LogP contribution in [-0.2, 0) is 16.1 Å². The fourth-order valence-corrected chi connectivity index (χ4v) is 3.13. The molecular weight excluding hydrogens is 316 g/mol. The van der Waals surface area contributed by atoms with Crippen LogP contribution in [0.1, 0.15) is 25.3 Å². The molecule has 0 radical (unpaired) electrons. The second-order valence-corrected chi connectivity index (χ2v) is 6.25. The maximum Gasteiger partial charge on any atom is 0.223 e. The zero-order valence-corrected chi connectivity index (χ0v) is 14.3. The lowest BCUT2D eigenvalue weighted by atomic mass is 9.95. The number of rotatable bonds is 4. The molecule has 1 N–H and O–H groups in total. The Morgan fingerprint density at radius 1 is 1.20 bits per heavy atom. The minimum atomic E-state index is -0.0332. The summed E-state index contributed by atoms with van der Waals surface area (Å²) in [4.78, 5) is 34.2. The van der Waals surface area contributed by atoms with E-state index in [1.807, 2.05) is 24.3 Å². The van der Waals surface area contributed by atoms with E-state index in [2.05, 4.69) is 15.3 Å². The number of hydrogen-bond donors (Lipinski definition) is 1. The van der Waals surface area contributed by atoms with Gasteiger partial charge in [0.05, 0.1) is 5.69 Å². The minimum Gasteiger partial charge on any atom is -0.352 e. The van der Waals surface area contributed by atoms with Crippen LogP contribution in [0.4, 0.5) is 0 Å². The highest BCUT2D eigenvalue weighted by Crippen LogP contribution is 2.21. The van der Waals surface area contributed by atoms with Gasteiger partial charge < -0.3 is 10.2 Å². The van der Waals surface area contributed by atoms with Gasteiger partial charge in [0.25, 0.3) is 0 Å². The number of aromatic nitrogens is 2. The first-order chi connectivity index (χ1) is 12.1. The van der Waals surface area contributed by atoms with E-state index < -0.39 is 0 Å². The Balaban J connectivity index is 1.61. The van der Waals surface area contributed by atoms with Gasteiger partial charge in [-0.15, -0.1) is 0 Å². The molecule has 1 aliphatic rings. The third-order valence-electron chi connectivity index (χ3n) is 4.59. The molecule has 2 amide bonds. The second-order valence-electron chi connectivity index (χ2n) is 6.25. The van der Waals surface area contributed by atoms with Gasteiger partial charge in [-0.3, -0.25) is 19.6 Å². The fourth-order valence-electron chi connectivity index (χ4n) is 3.13. The molecule has 0 spiro atoms. The highest BCUT2D eigenvalue weighted by atomic mass is 16.2. The first-order valence-corrected chi connectivity index (χ1v) is 8.52. The summed E-state index contributed by atoms with van der Waals surface area (Å²) in [5.74, 6) is 0.0913. The van der Waals surface area contributed by atoms with Crippen LogP contribution in [0.15, 0.2) is 42.9 Å². The Kier molecular flexibility index (Phi) is 5.38. The Morgan fingerprint density at radius 2 is 1.96 bits per heavy atom. The number of nitrogens with one attached hydrogen (secondary N) is 1. The highest BCUT2D eigenvalue weighted by Gasteiger charge is 2.25. The summed E-state index contributed by atoms with van der Waals surface area (Å²) in [6.45, 7) is 3.31. The second kappa shape index (κ2) is 7.88. The number of nitrogens with zero attached hydrogens (tertiary/aromatic N) is 3. The van der Waals surface area contributed by atoms with Crippen LogP contribution in [0.3, 0.4) is 0 Å². The predicted octanol–water partition coefficient (Wildman–Crippen LogP) is 2.02. The van der Waals surface area contributed by atoms with Crippen LogP contribution in [0, 0.1) is 5.92 Å². The summed E-state index contributed by atoms with van der Waals surface area (Å²) in [6.07, 6.45) is 6.67. The SMILES string of the molecule is CC(=O)N1CCC(C(=O)NCc2cccnc2-c2cccnc2)CC1. The van der Waals surface area contributed by atoms with Gasteiger partial charge in [0.1, 0.15) is 0 Å². The summed E-state index contributed by atoms with van der Waals surface area (Å²) < 4.78 is 0. The summed E-state index contributed by atoms with van der Waals surface area (Å²) in [7, 11) is 0. The van der Waals surface area contributed by atoms with Crippen molar-refractivity contribution in [2.24, 2.45) is 5.92 Å². The van der Waals surface area contributed by atoms with Gasteiger partial charge in [-0.05, 0) is 36.6 Å². The van der Waals surface area contributed by atoms with Crippen LogP contribution < -0.4 is 5.32 Å². The first-order valence-electron chi connectivity index (χ1n) is 8.52. The number of pyridine rings is 2. The smallest absolute Gasteiger partial charge is 0.223 e. The minimum absolute atomic E-state index is 0.0332. The number of amides is 2. The van der Waals surface area contributed by atoms with Crippen molar-refractivity contribution in [3.8, 4) is 11.3 Å². The summed E-state index contributed by atoms with van der Waals surface area (Å²) in [5, 5.41) is 3.02. The third kappa shape index (κ3) is 4.21. The van der Waals surface area contributed by atoms with Crippen LogP contribution >= 0.6 is 0 Å². The molecule has 1 saturated heterocycles. The zero-order valence-electron chi connectivity index (χ0n) is 14.3. The summed E-state index contributed by atoms with van der Waals surface area (Å²) >= 11 is 0. The number of carbonyl (C=O) groups excluding carboxylic acids is 2. The van der Waals surface area contributed by atoms with Crippen molar-refractivity contribution in [3.63, 3.8) is 0 Å². The van der Waals surface area contributed by atoms with Crippen LogP contribution in [-0.4, -0.2) is 39.8 Å². The van der Waals surface area contributed by atoms with Crippen molar-refractivity contribution in [1.82, 2.24) is 20.2 Å². The lowest BCUT2D eigenvalue weighted by molar-refractivity contribution is -0.134. The monoisotopic (exact) mass is 338 g/mol. The molecule has 6 nitrogen and oxygen atoms in total. The molecular formula is C19H22N4O2. The topological polar surface area (TPSA) is 75.2 Å². The van der Waals surface area contributed by atoms with E-state index >= 15 is 0 Å². The van der Waals surface area contributed by atoms with E-state index in [1.165, 1.54) is 0 Å². The maximum atomic E-state index is 12.4. The molecule has 2 aromatic rings. The molecule has 2 aromatic heterocycles. The molecule has 25 heavy (non-hydrogen) atoms. The van der Waals surface area contributed by atoms with Gasteiger partial charge in [-0.25, -0.2) is 0 Å². The van der Waals surface area contributed by atoms with Crippen molar-refractivity contribution in [2.75, 3.05) is 13.1 Å². The van der Waals surface area contributed by atoms with Crippen LogP contribution in [0.25, 0.3) is 11.3 Å². The van der Waals surface area contributed by atoms with Crippen molar-refractivity contribution in [1.29, 1.82) is 0 Å². The molecule has 3 heterocycles. The molecule has 1 fully saturated rings. The van der Waals surface area contributed by atoms with Gasteiger partial charge in [-0.1, -0.05) is 6.07 Å². The lowest BCUT2D eigenvalue weighted by Crippen LogP contribution is -2.42. The average Bonchev–Trinajstić information content (AvgIpc) is 2.67. The van der Waals surface area contributed by atoms with E-state index in [-0.39, 0.29) is 17.7 Å². The quantitative estimate of drug-likeness (QED) is 0.925. The molecule has 0 aliphatic carbocycles. The number of likely N-dealkylation sites (tertiary alicyclic amines) is 1. The molecule has 3 rings (SSSR count). The average molecular weight is 338 g/mol. The Morgan fingerprint density at radius 3 is 2.64 bits per heavy atom. The van der Waals surface area contributed by atoms with Crippen LogP contribution in [0.2, 0.25) is 0 Å². The molecule has 0 saturated carbocycles. The van der Waals surface area contributed by atoms with E-state index in [9.17, 15) is 9.59 Å². The van der Waals surface area contributed by atoms with E-state index in [1.54, 1.807) is 30.4 Å². The molecule has 0 aromatic carbocycles. The van der Waals surface area contributed by atoms with Gasteiger partial charge in [-0.2, -0.15) is 0 Å².